The van der Waals surface area contributed by atoms with Gasteiger partial charge in [0.05, 0.1) is 50.3 Å². The zero-order valence-corrected chi connectivity index (χ0v) is 29.7. The van der Waals surface area contributed by atoms with Crippen molar-refractivity contribution in [2.75, 3.05) is 19.8 Å². The molecule has 1 heterocycles. The van der Waals surface area contributed by atoms with Crippen molar-refractivity contribution in [3.05, 3.63) is 11.6 Å². The van der Waals surface area contributed by atoms with Gasteiger partial charge >= 0.3 is 5.97 Å². The van der Waals surface area contributed by atoms with Gasteiger partial charge in [0.2, 0.25) is 0 Å². The Morgan fingerprint density at radius 2 is 1.48 bits per heavy atom. The second kappa shape index (κ2) is 14.2. The third kappa shape index (κ3) is 5.55. The van der Waals surface area contributed by atoms with Crippen LogP contribution in [0.5, 0.6) is 0 Å². The molecule has 0 amide bonds. The second-order valence-electron chi connectivity index (χ2n) is 16.6. The summed E-state index contributed by atoms with van der Waals surface area (Å²) in [4.78, 5) is 13.0. The van der Waals surface area contributed by atoms with E-state index in [9.17, 15) is 61.0 Å². The molecule has 0 bridgehead atoms. The quantitative estimate of drug-likeness (QED) is 0.118. The fourth-order valence-corrected chi connectivity index (χ4v) is 11.6. The van der Waals surface area contributed by atoms with Crippen molar-refractivity contribution >= 4 is 5.97 Å². The van der Waals surface area contributed by atoms with Gasteiger partial charge in [0.15, 0.2) is 6.29 Å². The maximum atomic E-state index is 13.0. The van der Waals surface area contributed by atoms with Crippen LogP contribution in [-0.2, 0) is 14.3 Å². The van der Waals surface area contributed by atoms with Crippen molar-refractivity contribution in [1.29, 1.82) is 0 Å². The Morgan fingerprint density at radius 1 is 0.860 bits per heavy atom. The van der Waals surface area contributed by atoms with Crippen molar-refractivity contribution in [1.82, 2.24) is 0 Å². The van der Waals surface area contributed by atoms with Gasteiger partial charge in [-0.25, -0.2) is 0 Å². The topological polar surface area (TPSA) is 258 Å². The molecule has 14 nitrogen and oxygen atoms in total. The van der Waals surface area contributed by atoms with Crippen LogP contribution in [0.4, 0.5) is 0 Å². The van der Waals surface area contributed by atoms with E-state index in [4.69, 9.17) is 9.47 Å². The minimum Gasteiger partial charge on any atom is -0.481 e. The van der Waals surface area contributed by atoms with Gasteiger partial charge in [0, 0.05) is 11.3 Å². The highest BCUT2D eigenvalue weighted by Crippen LogP contribution is 2.69. The summed E-state index contributed by atoms with van der Waals surface area (Å²) in [5.74, 6) is -2.78. The van der Waals surface area contributed by atoms with Gasteiger partial charge in [-0.2, -0.15) is 0 Å². The van der Waals surface area contributed by atoms with Gasteiger partial charge < -0.3 is 65.6 Å². The largest absolute Gasteiger partial charge is 0.481 e. The standard InChI is InChI=1S/C34H54O14.C2H6/c1-31(2)9-19-18-5-4-14-15-8-20(38)28(48-29-25(42)24(41)23(40)21(11-35)47-29)33(12-36,13-37)17(15)7-6-16(14)32(18,3)10-22(39)34(19,30(45)46)27(44)26(31)43;1-2/h5,14-17,19-29,35-44H,4,6-13H2,1-3H3,(H,45,46);1-2H3/t14?,15?,16?,17?,19?,20-,21?,22+,23+,24+,25?,26-,27-,28-,29-,32-,34+;/m0./s1. The van der Waals surface area contributed by atoms with Gasteiger partial charge in [0.1, 0.15) is 29.8 Å². The first kappa shape index (κ1) is 39.9. The lowest BCUT2D eigenvalue weighted by atomic mass is 9.39. The van der Waals surface area contributed by atoms with Gasteiger partial charge in [-0.1, -0.05) is 46.3 Å². The Kier molecular flexibility index (Phi) is 11.3. The van der Waals surface area contributed by atoms with E-state index in [1.165, 1.54) is 0 Å². The molecule has 4 saturated carbocycles. The molecule has 50 heavy (non-hydrogen) atoms. The van der Waals surface area contributed by atoms with E-state index in [0.717, 1.165) is 5.57 Å². The summed E-state index contributed by atoms with van der Waals surface area (Å²) in [6.07, 6.45) is -10.7. The van der Waals surface area contributed by atoms with Crippen LogP contribution in [-0.4, -0.2) is 143 Å². The van der Waals surface area contributed by atoms with Crippen LogP contribution in [0.1, 0.15) is 73.1 Å². The number of aliphatic carboxylic acids is 1. The predicted octanol–water partition coefficient (Wildman–Crippen LogP) is -0.868. The Hall–Kier alpha value is -1.27. The number of allylic oxidation sites excluding steroid dienone is 2. The third-order valence-electron chi connectivity index (χ3n) is 14.2. The second-order valence-corrected chi connectivity index (χ2v) is 16.6. The van der Waals surface area contributed by atoms with Crippen LogP contribution in [0.25, 0.3) is 0 Å². The van der Waals surface area contributed by atoms with Gasteiger partial charge in [-0.3, -0.25) is 4.79 Å². The summed E-state index contributed by atoms with van der Waals surface area (Å²) >= 11 is 0. The molecule has 17 atom stereocenters. The molecule has 0 radical (unpaired) electrons. The van der Waals surface area contributed by atoms with Crippen LogP contribution < -0.4 is 0 Å². The van der Waals surface area contributed by atoms with E-state index in [1.54, 1.807) is 13.8 Å². The van der Waals surface area contributed by atoms with Crippen molar-refractivity contribution in [2.45, 2.75) is 134 Å². The molecule has 6 aliphatic rings. The van der Waals surface area contributed by atoms with Crippen molar-refractivity contribution in [3.63, 3.8) is 0 Å². The third-order valence-corrected chi connectivity index (χ3v) is 14.2. The minimum atomic E-state index is -1.97. The van der Waals surface area contributed by atoms with Crippen LogP contribution in [0.3, 0.4) is 0 Å². The maximum absolute atomic E-state index is 13.0. The lowest BCUT2D eigenvalue weighted by Crippen LogP contribution is -2.71. The zero-order valence-electron chi connectivity index (χ0n) is 29.7. The number of aliphatic hydroxyl groups excluding tert-OH is 10. The molecule has 5 aliphatic carbocycles. The number of hydrogen-bond donors (Lipinski definition) is 11. The number of carboxylic acids is 1. The SMILES string of the molecule is CC.CC1(C)CC2C3=CCC4C5C[C@H](O)[C@H](O[C@@H]6OC(CO)[C@@H](O)[C@@H](O)C6O)C(CO)(CO)C5CCC4[C@]3(C)C[C@@H](O)[C@@]2(C(=O)O)[C@@H](O)[C@@H]1O. The van der Waals surface area contributed by atoms with Crippen molar-refractivity contribution < 1.29 is 70.4 Å². The van der Waals surface area contributed by atoms with Crippen LogP contribution in [0, 0.1) is 51.2 Å². The molecule has 288 valence electrons. The van der Waals surface area contributed by atoms with E-state index in [-0.39, 0.29) is 42.9 Å². The number of hydrogen-bond acceptors (Lipinski definition) is 13. The van der Waals surface area contributed by atoms with Gasteiger partial charge in [-0.05, 0) is 73.0 Å². The predicted molar refractivity (Wildman–Crippen MR) is 176 cm³/mol. The minimum absolute atomic E-state index is 0.0565. The Bertz CT molecular complexity index is 1250. The molecular formula is C36H60O14. The Morgan fingerprint density at radius 3 is 2.06 bits per heavy atom. The lowest BCUT2D eigenvalue weighted by molar-refractivity contribution is -0.342. The monoisotopic (exact) mass is 716 g/mol. The van der Waals surface area contributed by atoms with Crippen LogP contribution >= 0.6 is 0 Å². The zero-order chi connectivity index (χ0) is 37.3. The lowest BCUT2D eigenvalue weighted by Gasteiger charge is -2.66. The molecule has 5 fully saturated rings. The molecule has 1 aliphatic heterocycles. The van der Waals surface area contributed by atoms with E-state index in [0.29, 0.717) is 19.3 Å². The number of ether oxygens (including phenoxy) is 2. The highest BCUT2D eigenvalue weighted by atomic mass is 16.7. The number of fused-ring (bicyclic) bond motifs is 7. The summed E-state index contributed by atoms with van der Waals surface area (Å²) in [6, 6.07) is 0. The summed E-state index contributed by atoms with van der Waals surface area (Å²) in [7, 11) is 0. The summed E-state index contributed by atoms with van der Waals surface area (Å²) in [6.45, 7) is 7.79. The summed E-state index contributed by atoms with van der Waals surface area (Å²) < 4.78 is 11.6. The first-order chi connectivity index (χ1) is 23.5. The van der Waals surface area contributed by atoms with E-state index >= 15 is 0 Å². The first-order valence-electron chi connectivity index (χ1n) is 18.3. The number of aliphatic hydroxyl groups is 10. The molecule has 6 rings (SSSR count). The molecule has 0 spiro atoms. The average Bonchev–Trinajstić information content (AvgIpc) is 3.08. The first-order valence-corrected chi connectivity index (χ1v) is 18.3. The van der Waals surface area contributed by atoms with E-state index in [1.807, 2.05) is 26.8 Å². The fraction of sp³-hybridized carbons (Fsp3) is 0.917. The molecule has 0 aromatic rings. The molecule has 7 unspecified atom stereocenters. The highest BCUT2D eigenvalue weighted by molar-refractivity contribution is 5.79. The smallest absolute Gasteiger partial charge is 0.315 e. The molecule has 14 heteroatoms. The van der Waals surface area contributed by atoms with Gasteiger partial charge in [-0.15, -0.1) is 0 Å². The summed E-state index contributed by atoms with van der Waals surface area (Å²) in [5.41, 5.74) is -3.98. The molecular weight excluding hydrogens is 656 g/mol. The highest BCUT2D eigenvalue weighted by Gasteiger charge is 2.72. The number of carboxylic acid groups (broad SMARTS) is 1. The average molecular weight is 717 g/mol. The number of rotatable bonds is 6. The molecule has 1 saturated heterocycles. The van der Waals surface area contributed by atoms with E-state index < -0.39 is 115 Å². The Labute approximate surface area is 293 Å². The van der Waals surface area contributed by atoms with E-state index in [2.05, 4.69) is 0 Å². The molecule has 11 N–H and O–H groups in total. The fourth-order valence-electron chi connectivity index (χ4n) is 11.6. The molecule has 0 aromatic heterocycles. The Balaban J connectivity index is 0.00000239. The maximum Gasteiger partial charge on any atom is 0.315 e. The van der Waals surface area contributed by atoms with Crippen molar-refractivity contribution in [3.8, 4) is 0 Å². The molecule has 0 aromatic carbocycles. The van der Waals surface area contributed by atoms with Gasteiger partial charge in [0.25, 0.3) is 0 Å². The van der Waals surface area contributed by atoms with Crippen LogP contribution in [0.15, 0.2) is 11.6 Å². The number of carbonyl (C=O) groups is 1. The normalized spacial score (nSPS) is 50.6. The van der Waals surface area contributed by atoms with Crippen LogP contribution in [0.2, 0.25) is 0 Å². The van der Waals surface area contributed by atoms with Crippen molar-refractivity contribution in [2.24, 2.45) is 51.2 Å². The summed E-state index contributed by atoms with van der Waals surface area (Å²) in [5, 5.41) is 119.